The Labute approximate surface area is 188 Å². The fraction of sp³-hybridized carbons (Fsp3) is 0.130. The predicted octanol–water partition coefficient (Wildman–Crippen LogP) is 4.49. The Morgan fingerprint density at radius 1 is 1.00 bits per heavy atom. The molecule has 0 amide bonds. The highest BCUT2D eigenvalue weighted by Crippen LogP contribution is 2.24. The van der Waals surface area contributed by atoms with E-state index >= 15 is 0 Å². The van der Waals surface area contributed by atoms with Gasteiger partial charge < -0.3 is 5.32 Å². The lowest BCUT2D eigenvalue weighted by Crippen LogP contribution is -2.23. The first-order valence-electron chi connectivity index (χ1n) is 9.76. The van der Waals surface area contributed by atoms with Crippen molar-refractivity contribution in [2.75, 3.05) is 6.54 Å². The zero-order valence-electron chi connectivity index (χ0n) is 16.5. The normalized spacial score (nSPS) is 15.7. The van der Waals surface area contributed by atoms with Crippen LogP contribution in [0.3, 0.4) is 0 Å². The van der Waals surface area contributed by atoms with Crippen molar-refractivity contribution >= 4 is 39.9 Å². The van der Waals surface area contributed by atoms with Gasteiger partial charge in [0.1, 0.15) is 17.5 Å². The maximum absolute atomic E-state index is 13.4. The van der Waals surface area contributed by atoms with Crippen molar-refractivity contribution in [2.24, 2.45) is 4.99 Å². The number of benzene rings is 2. The van der Waals surface area contributed by atoms with E-state index in [4.69, 9.17) is 28.2 Å². The third kappa shape index (κ3) is 3.69. The fourth-order valence-electron chi connectivity index (χ4n) is 3.57. The van der Waals surface area contributed by atoms with Crippen LogP contribution in [0, 0.1) is 0 Å². The molecule has 0 bridgehead atoms. The van der Waals surface area contributed by atoms with Gasteiger partial charge >= 0.3 is 0 Å². The molecule has 1 aliphatic heterocycles. The summed E-state index contributed by atoms with van der Waals surface area (Å²) < 4.78 is 1.48. The molecule has 0 fully saturated rings. The van der Waals surface area contributed by atoms with Crippen molar-refractivity contribution in [1.29, 1.82) is 0 Å². The molecule has 0 saturated carbocycles. The molecule has 1 atom stereocenters. The van der Waals surface area contributed by atoms with Crippen LogP contribution in [0.25, 0.3) is 28.1 Å². The Kier molecular flexibility index (Phi) is 4.96. The Morgan fingerprint density at radius 3 is 2.42 bits per heavy atom. The summed E-state index contributed by atoms with van der Waals surface area (Å²) in [7, 11) is 0. The minimum atomic E-state index is -0.253. The minimum absolute atomic E-state index is 0.253. The van der Waals surface area contributed by atoms with E-state index in [-0.39, 0.29) is 11.6 Å². The molecule has 0 spiro atoms. The van der Waals surface area contributed by atoms with Crippen molar-refractivity contribution in [3.05, 3.63) is 86.8 Å². The molecule has 1 aliphatic rings. The van der Waals surface area contributed by atoms with Crippen molar-refractivity contribution in [3.63, 3.8) is 0 Å². The maximum atomic E-state index is 13.4. The number of hydrogen-bond acceptors (Lipinski definition) is 5. The highest BCUT2D eigenvalue weighted by molar-refractivity contribution is 6.31. The first-order valence-corrected chi connectivity index (χ1v) is 10.5. The Hall–Kier alpha value is -3.22. The van der Waals surface area contributed by atoms with E-state index in [1.165, 1.54) is 10.8 Å². The molecule has 1 unspecified atom stereocenters. The molecule has 3 heterocycles. The van der Waals surface area contributed by atoms with Crippen LogP contribution in [0.2, 0.25) is 10.0 Å². The van der Waals surface area contributed by atoms with E-state index in [0.29, 0.717) is 32.6 Å². The average Bonchev–Trinajstić information content (AvgIpc) is 3.21. The molecule has 8 heteroatoms. The monoisotopic (exact) mass is 449 g/mol. The highest BCUT2D eigenvalue weighted by Gasteiger charge is 2.17. The van der Waals surface area contributed by atoms with E-state index in [1.807, 2.05) is 24.3 Å². The second kappa shape index (κ2) is 7.80. The SMILES string of the molecule is CC1CNC(c2ccc(-c3nc4ccc(Cl)cc4c(=O)n3-c3ccc(Cl)cn3)cc2)=N1. The zero-order chi connectivity index (χ0) is 21.5. The van der Waals surface area contributed by atoms with Crippen molar-refractivity contribution in [3.8, 4) is 17.2 Å². The Balaban J connectivity index is 1.71. The summed E-state index contributed by atoms with van der Waals surface area (Å²) >= 11 is 12.1. The summed E-state index contributed by atoms with van der Waals surface area (Å²) in [6.45, 7) is 2.89. The van der Waals surface area contributed by atoms with E-state index in [9.17, 15) is 4.79 Å². The second-order valence-electron chi connectivity index (χ2n) is 7.36. The third-order valence-electron chi connectivity index (χ3n) is 5.10. The molecule has 0 aliphatic carbocycles. The molecule has 4 aromatic rings. The highest BCUT2D eigenvalue weighted by atomic mass is 35.5. The van der Waals surface area contributed by atoms with Gasteiger partial charge in [0.25, 0.3) is 5.56 Å². The molecule has 0 saturated heterocycles. The molecule has 5 rings (SSSR count). The van der Waals surface area contributed by atoms with Gasteiger partial charge in [0.2, 0.25) is 0 Å². The summed E-state index contributed by atoms with van der Waals surface area (Å²) in [5, 5.41) is 4.68. The van der Waals surface area contributed by atoms with Crippen LogP contribution in [-0.4, -0.2) is 33.0 Å². The molecule has 2 aromatic carbocycles. The van der Waals surface area contributed by atoms with Crippen LogP contribution in [0.5, 0.6) is 0 Å². The van der Waals surface area contributed by atoms with Gasteiger partial charge in [0.05, 0.1) is 22.0 Å². The number of rotatable bonds is 3. The van der Waals surface area contributed by atoms with E-state index in [2.05, 4.69) is 22.2 Å². The van der Waals surface area contributed by atoms with Crippen molar-refractivity contribution < 1.29 is 0 Å². The van der Waals surface area contributed by atoms with Crippen molar-refractivity contribution in [1.82, 2.24) is 19.9 Å². The first kappa shape index (κ1) is 19.7. The summed E-state index contributed by atoms with van der Waals surface area (Å²) in [5.74, 6) is 1.78. The van der Waals surface area contributed by atoms with E-state index in [0.717, 1.165) is 23.5 Å². The molecular weight excluding hydrogens is 433 g/mol. The molecular formula is C23H17Cl2N5O. The predicted molar refractivity (Wildman–Crippen MR) is 125 cm³/mol. The molecule has 154 valence electrons. The first-order chi connectivity index (χ1) is 15.0. The van der Waals surface area contributed by atoms with Crippen LogP contribution < -0.4 is 10.9 Å². The quantitative estimate of drug-likeness (QED) is 0.499. The summed E-state index contributed by atoms with van der Waals surface area (Å²) in [4.78, 5) is 27.1. The summed E-state index contributed by atoms with van der Waals surface area (Å²) in [6.07, 6.45) is 1.50. The number of amidine groups is 1. The molecule has 0 radical (unpaired) electrons. The number of hydrogen-bond donors (Lipinski definition) is 1. The van der Waals surface area contributed by atoms with Crippen LogP contribution in [-0.2, 0) is 0 Å². The van der Waals surface area contributed by atoms with Gasteiger partial charge in [-0.2, -0.15) is 0 Å². The lowest BCUT2D eigenvalue weighted by Gasteiger charge is -2.14. The van der Waals surface area contributed by atoms with Crippen LogP contribution in [0.1, 0.15) is 12.5 Å². The zero-order valence-corrected chi connectivity index (χ0v) is 18.0. The summed E-state index contributed by atoms with van der Waals surface area (Å²) in [5.41, 5.74) is 2.08. The standard InChI is InChI=1S/C23H17Cl2N5O/c1-13-11-27-21(28-13)14-2-4-15(5-3-14)22-29-19-8-6-16(24)10-18(19)23(31)30(22)20-9-7-17(25)12-26-20/h2-10,12-13H,11H2,1H3,(H,27,28). The number of aliphatic imine (C=N–C) groups is 1. The maximum Gasteiger partial charge on any atom is 0.267 e. The third-order valence-corrected chi connectivity index (χ3v) is 5.56. The summed E-state index contributed by atoms with van der Waals surface area (Å²) in [6, 6.07) is 16.5. The Bertz CT molecular complexity index is 1380. The van der Waals surface area contributed by atoms with Gasteiger partial charge in [0.15, 0.2) is 0 Å². The van der Waals surface area contributed by atoms with Crippen LogP contribution >= 0.6 is 23.2 Å². The number of pyridine rings is 1. The second-order valence-corrected chi connectivity index (χ2v) is 8.23. The lowest BCUT2D eigenvalue weighted by atomic mass is 10.1. The number of aromatic nitrogens is 3. The number of halogens is 2. The van der Waals surface area contributed by atoms with Gasteiger partial charge in [0, 0.05) is 28.9 Å². The van der Waals surface area contributed by atoms with Gasteiger partial charge in [-0.25, -0.2) is 14.5 Å². The van der Waals surface area contributed by atoms with Gasteiger partial charge in [-0.15, -0.1) is 0 Å². The molecule has 31 heavy (non-hydrogen) atoms. The van der Waals surface area contributed by atoms with Gasteiger partial charge in [-0.1, -0.05) is 47.5 Å². The molecule has 1 N–H and O–H groups in total. The van der Waals surface area contributed by atoms with Gasteiger partial charge in [-0.3, -0.25) is 9.79 Å². The van der Waals surface area contributed by atoms with Crippen molar-refractivity contribution in [2.45, 2.75) is 13.0 Å². The average molecular weight is 450 g/mol. The van der Waals surface area contributed by atoms with E-state index < -0.39 is 0 Å². The van der Waals surface area contributed by atoms with E-state index in [1.54, 1.807) is 30.3 Å². The molecule has 6 nitrogen and oxygen atoms in total. The Morgan fingerprint density at radius 2 is 1.74 bits per heavy atom. The number of fused-ring (bicyclic) bond motifs is 1. The van der Waals surface area contributed by atoms with Gasteiger partial charge in [-0.05, 0) is 37.3 Å². The number of nitrogens with one attached hydrogen (secondary N) is 1. The number of nitrogens with zero attached hydrogens (tertiary/aromatic N) is 4. The molecule has 2 aromatic heterocycles. The largest absolute Gasteiger partial charge is 0.368 e. The van der Waals surface area contributed by atoms with Crippen LogP contribution in [0.4, 0.5) is 0 Å². The smallest absolute Gasteiger partial charge is 0.267 e. The minimum Gasteiger partial charge on any atom is -0.368 e. The topological polar surface area (TPSA) is 72.2 Å². The fourth-order valence-corrected chi connectivity index (χ4v) is 3.86. The lowest BCUT2D eigenvalue weighted by molar-refractivity contribution is 0.766. The van der Waals surface area contributed by atoms with Crippen LogP contribution in [0.15, 0.2) is 70.6 Å².